The molecule has 1 aromatic carbocycles. The zero-order chi connectivity index (χ0) is 23.7. The molecule has 0 aliphatic carbocycles. The van der Waals surface area contributed by atoms with E-state index < -0.39 is 60.6 Å². The van der Waals surface area contributed by atoms with Crippen LogP contribution in [-0.4, -0.2) is 81.0 Å². The van der Waals surface area contributed by atoms with Gasteiger partial charge < -0.3 is 42.1 Å². The standard InChI is InChI=1S/C19H28N4O8/c1-9(24)15(20)17(28)23-16(10(2)25)18(29)21-8-14(27)22-13(19(30)31)7-11-3-5-12(26)6-4-11/h3-6,9-10,13,15-16,24-26H,7-8,20H2,1-2H3,(H,21,29)(H,22,27)(H,23,28)(H,30,31). The van der Waals surface area contributed by atoms with Gasteiger partial charge >= 0.3 is 5.97 Å². The SMILES string of the molecule is CC(O)C(N)C(=O)NC(C(=O)NCC(=O)NC(Cc1ccc(O)cc1)C(=O)O)C(C)O. The van der Waals surface area contributed by atoms with Crippen molar-refractivity contribution in [3.8, 4) is 5.75 Å². The van der Waals surface area contributed by atoms with E-state index in [1.807, 2.05) is 0 Å². The van der Waals surface area contributed by atoms with Gasteiger partial charge in [0.2, 0.25) is 17.7 Å². The first-order valence-corrected chi connectivity index (χ1v) is 9.42. The minimum absolute atomic E-state index is 0.0107. The van der Waals surface area contributed by atoms with E-state index in [9.17, 15) is 39.6 Å². The van der Waals surface area contributed by atoms with Crippen LogP contribution < -0.4 is 21.7 Å². The summed E-state index contributed by atoms with van der Waals surface area (Å²) in [5.74, 6) is -3.87. The van der Waals surface area contributed by atoms with Crippen molar-refractivity contribution in [2.24, 2.45) is 5.73 Å². The van der Waals surface area contributed by atoms with Gasteiger partial charge in [-0.3, -0.25) is 14.4 Å². The summed E-state index contributed by atoms with van der Waals surface area (Å²) in [7, 11) is 0. The van der Waals surface area contributed by atoms with Gasteiger partial charge in [0, 0.05) is 6.42 Å². The van der Waals surface area contributed by atoms with E-state index in [0.29, 0.717) is 5.56 Å². The first-order chi connectivity index (χ1) is 14.4. The van der Waals surface area contributed by atoms with Gasteiger partial charge in [-0.15, -0.1) is 0 Å². The molecule has 31 heavy (non-hydrogen) atoms. The predicted molar refractivity (Wildman–Crippen MR) is 108 cm³/mol. The van der Waals surface area contributed by atoms with Crippen LogP contribution >= 0.6 is 0 Å². The number of carbonyl (C=O) groups is 4. The Bertz CT molecular complexity index is 782. The number of hydrogen-bond donors (Lipinski definition) is 8. The molecule has 5 unspecified atom stereocenters. The van der Waals surface area contributed by atoms with Crippen LogP contribution in [0.5, 0.6) is 5.75 Å². The second-order valence-electron chi connectivity index (χ2n) is 7.04. The van der Waals surface area contributed by atoms with Crippen molar-refractivity contribution in [2.75, 3.05) is 6.54 Å². The van der Waals surface area contributed by atoms with Gasteiger partial charge in [-0.05, 0) is 31.5 Å². The van der Waals surface area contributed by atoms with Crippen LogP contribution in [0, 0.1) is 0 Å². The molecule has 0 saturated carbocycles. The molecule has 0 fully saturated rings. The molecule has 0 aliphatic rings. The highest BCUT2D eigenvalue weighted by atomic mass is 16.4. The van der Waals surface area contributed by atoms with Gasteiger partial charge in [0.25, 0.3) is 0 Å². The van der Waals surface area contributed by atoms with Crippen molar-refractivity contribution in [1.82, 2.24) is 16.0 Å². The number of aliphatic hydroxyl groups is 2. The highest BCUT2D eigenvalue weighted by molar-refractivity contribution is 5.93. The topological polar surface area (TPSA) is 211 Å². The Kier molecular flexibility index (Phi) is 9.86. The van der Waals surface area contributed by atoms with Crippen LogP contribution in [0.25, 0.3) is 0 Å². The number of phenols is 1. The van der Waals surface area contributed by atoms with Crippen LogP contribution in [0.3, 0.4) is 0 Å². The van der Waals surface area contributed by atoms with E-state index >= 15 is 0 Å². The number of carbonyl (C=O) groups excluding carboxylic acids is 3. The van der Waals surface area contributed by atoms with Crippen molar-refractivity contribution in [1.29, 1.82) is 0 Å². The molecule has 0 bridgehead atoms. The number of aliphatic carboxylic acids is 1. The molecule has 5 atom stereocenters. The number of hydrogen-bond acceptors (Lipinski definition) is 8. The quantitative estimate of drug-likeness (QED) is 0.178. The normalized spacial score (nSPS) is 15.6. The van der Waals surface area contributed by atoms with Crippen molar-refractivity contribution in [3.05, 3.63) is 29.8 Å². The van der Waals surface area contributed by atoms with Crippen molar-refractivity contribution >= 4 is 23.7 Å². The van der Waals surface area contributed by atoms with Crippen LogP contribution in [0.15, 0.2) is 24.3 Å². The molecule has 0 aromatic heterocycles. The van der Waals surface area contributed by atoms with E-state index in [1.165, 1.54) is 38.1 Å². The molecule has 3 amide bonds. The molecule has 0 spiro atoms. The number of nitrogens with one attached hydrogen (secondary N) is 3. The van der Waals surface area contributed by atoms with Gasteiger partial charge in [-0.25, -0.2) is 4.79 Å². The summed E-state index contributed by atoms with van der Waals surface area (Å²) in [5, 5.41) is 44.3. The number of rotatable bonds is 11. The third kappa shape index (κ3) is 8.58. The lowest BCUT2D eigenvalue weighted by molar-refractivity contribution is -0.141. The fourth-order valence-corrected chi connectivity index (χ4v) is 2.46. The number of carboxylic acid groups (broad SMARTS) is 1. The predicted octanol–water partition coefficient (Wildman–Crippen LogP) is -2.81. The van der Waals surface area contributed by atoms with E-state index in [-0.39, 0.29) is 12.2 Å². The summed E-state index contributed by atoms with van der Waals surface area (Å²) in [6.45, 7) is 1.90. The number of amides is 3. The maximum atomic E-state index is 12.3. The third-order valence-electron chi connectivity index (χ3n) is 4.32. The van der Waals surface area contributed by atoms with Crippen molar-refractivity contribution < 1.29 is 39.6 Å². The molecule has 0 radical (unpaired) electrons. The lowest BCUT2D eigenvalue weighted by atomic mass is 10.1. The summed E-state index contributed by atoms with van der Waals surface area (Å²) in [6, 6.07) is 1.71. The summed E-state index contributed by atoms with van der Waals surface area (Å²) in [6.07, 6.45) is -2.58. The fourth-order valence-electron chi connectivity index (χ4n) is 2.46. The van der Waals surface area contributed by atoms with Crippen LogP contribution in [0.2, 0.25) is 0 Å². The number of aromatic hydroxyl groups is 1. The Morgan fingerprint density at radius 1 is 0.968 bits per heavy atom. The summed E-state index contributed by atoms with van der Waals surface area (Å²) in [5.41, 5.74) is 6.03. The number of nitrogens with two attached hydrogens (primary N) is 1. The maximum absolute atomic E-state index is 12.3. The summed E-state index contributed by atoms with van der Waals surface area (Å²) >= 11 is 0. The first-order valence-electron chi connectivity index (χ1n) is 9.42. The Morgan fingerprint density at radius 2 is 1.55 bits per heavy atom. The minimum atomic E-state index is -1.45. The molecule has 0 heterocycles. The first kappa shape index (κ1) is 25.8. The van der Waals surface area contributed by atoms with Crippen molar-refractivity contribution in [2.45, 2.75) is 50.6 Å². The zero-order valence-electron chi connectivity index (χ0n) is 17.1. The number of phenolic OH excluding ortho intramolecular Hbond substituents is 1. The molecule has 1 rings (SSSR count). The molecule has 0 saturated heterocycles. The number of aliphatic hydroxyl groups excluding tert-OH is 2. The molecule has 172 valence electrons. The average Bonchev–Trinajstić information content (AvgIpc) is 2.70. The molecular weight excluding hydrogens is 412 g/mol. The largest absolute Gasteiger partial charge is 0.508 e. The lowest BCUT2D eigenvalue weighted by Crippen LogP contribution is -2.58. The van der Waals surface area contributed by atoms with Crippen LogP contribution in [0.1, 0.15) is 19.4 Å². The van der Waals surface area contributed by atoms with Gasteiger partial charge in [0.15, 0.2) is 0 Å². The highest BCUT2D eigenvalue weighted by Gasteiger charge is 2.29. The van der Waals surface area contributed by atoms with Gasteiger partial charge in [-0.2, -0.15) is 0 Å². The third-order valence-corrected chi connectivity index (χ3v) is 4.32. The molecule has 9 N–H and O–H groups in total. The Hall–Kier alpha value is -3.22. The number of benzene rings is 1. The molecule has 12 nitrogen and oxygen atoms in total. The monoisotopic (exact) mass is 440 g/mol. The molecule has 1 aromatic rings. The zero-order valence-corrected chi connectivity index (χ0v) is 17.1. The fraction of sp³-hybridized carbons (Fsp3) is 0.474. The van der Waals surface area contributed by atoms with E-state index in [1.54, 1.807) is 0 Å². The van der Waals surface area contributed by atoms with Crippen molar-refractivity contribution in [3.63, 3.8) is 0 Å². The molecule has 0 aliphatic heterocycles. The lowest BCUT2D eigenvalue weighted by Gasteiger charge is -2.23. The van der Waals surface area contributed by atoms with Crippen LogP contribution in [0.4, 0.5) is 0 Å². The van der Waals surface area contributed by atoms with E-state index in [4.69, 9.17) is 5.73 Å². The highest BCUT2D eigenvalue weighted by Crippen LogP contribution is 2.11. The maximum Gasteiger partial charge on any atom is 0.326 e. The van der Waals surface area contributed by atoms with Gasteiger partial charge in [0.1, 0.15) is 23.9 Å². The second-order valence-corrected chi connectivity index (χ2v) is 7.04. The molecular formula is C19H28N4O8. The van der Waals surface area contributed by atoms with Gasteiger partial charge in [0.05, 0.1) is 18.8 Å². The Morgan fingerprint density at radius 3 is 2.03 bits per heavy atom. The van der Waals surface area contributed by atoms with E-state index in [2.05, 4.69) is 16.0 Å². The van der Waals surface area contributed by atoms with E-state index in [0.717, 1.165) is 0 Å². The Labute approximate surface area is 178 Å². The smallest absolute Gasteiger partial charge is 0.326 e. The Balaban J connectivity index is 2.66. The average molecular weight is 440 g/mol. The minimum Gasteiger partial charge on any atom is -0.508 e. The van der Waals surface area contributed by atoms with Crippen LogP contribution in [-0.2, 0) is 25.6 Å². The van der Waals surface area contributed by atoms with Gasteiger partial charge in [-0.1, -0.05) is 12.1 Å². The summed E-state index contributed by atoms with van der Waals surface area (Å²) in [4.78, 5) is 47.7. The second kappa shape index (κ2) is 11.8. The summed E-state index contributed by atoms with van der Waals surface area (Å²) < 4.78 is 0. The number of carboxylic acids is 1. The molecule has 12 heteroatoms.